The number of carbonyl (C=O) groups excluding carboxylic acids is 2. The molecule has 27 heavy (non-hydrogen) atoms. The molecule has 1 aromatic carbocycles. The van der Waals surface area contributed by atoms with Crippen LogP contribution in [-0.4, -0.2) is 26.6 Å². The van der Waals surface area contributed by atoms with Crippen LogP contribution in [0.3, 0.4) is 0 Å². The van der Waals surface area contributed by atoms with Gasteiger partial charge in [0.25, 0.3) is 5.91 Å². The van der Waals surface area contributed by atoms with Crippen molar-refractivity contribution in [2.24, 2.45) is 7.05 Å². The van der Waals surface area contributed by atoms with E-state index in [4.69, 9.17) is 0 Å². The predicted molar refractivity (Wildman–Crippen MR) is 104 cm³/mol. The summed E-state index contributed by atoms with van der Waals surface area (Å²) in [6.07, 6.45) is 4.81. The fraction of sp³-hybridized carbons (Fsp3) is 0.263. The van der Waals surface area contributed by atoms with E-state index in [1.54, 1.807) is 16.3 Å². The minimum atomic E-state index is -0.208. The second-order valence-electron chi connectivity index (χ2n) is 6.60. The van der Waals surface area contributed by atoms with Crippen LogP contribution in [-0.2, 0) is 18.3 Å². The van der Waals surface area contributed by atoms with Gasteiger partial charge in [0, 0.05) is 36.3 Å². The molecule has 0 spiro atoms. The molecule has 2 aromatic heterocycles. The normalized spacial score (nSPS) is 14.4. The molecule has 3 aromatic rings. The van der Waals surface area contributed by atoms with Gasteiger partial charge < -0.3 is 10.6 Å². The van der Waals surface area contributed by atoms with Crippen molar-refractivity contribution < 1.29 is 9.59 Å². The van der Waals surface area contributed by atoms with E-state index in [0.717, 1.165) is 33.8 Å². The molecule has 8 heteroatoms. The van der Waals surface area contributed by atoms with E-state index in [2.05, 4.69) is 20.7 Å². The lowest BCUT2D eigenvalue weighted by Crippen LogP contribution is -2.27. The minimum Gasteiger partial charge on any atom is -0.344 e. The van der Waals surface area contributed by atoms with Gasteiger partial charge in [0.1, 0.15) is 10.7 Å². The summed E-state index contributed by atoms with van der Waals surface area (Å²) in [7, 11) is 1.84. The number of fused-ring (bicyclic) bond motifs is 1. The van der Waals surface area contributed by atoms with Gasteiger partial charge in [-0.1, -0.05) is 12.1 Å². The van der Waals surface area contributed by atoms with Gasteiger partial charge in [-0.25, -0.2) is 4.98 Å². The van der Waals surface area contributed by atoms with Crippen molar-refractivity contribution in [3.8, 4) is 10.6 Å². The highest BCUT2D eigenvalue weighted by Gasteiger charge is 2.19. The number of aromatic nitrogens is 3. The van der Waals surface area contributed by atoms with Gasteiger partial charge in [-0.3, -0.25) is 14.3 Å². The molecule has 138 valence electrons. The van der Waals surface area contributed by atoms with Crippen molar-refractivity contribution >= 4 is 28.8 Å². The number of nitrogens with zero attached hydrogens (tertiary/aromatic N) is 3. The molecular formula is C19H19N5O2S. The molecule has 0 saturated heterocycles. The summed E-state index contributed by atoms with van der Waals surface area (Å²) in [5.41, 5.74) is 4.25. The van der Waals surface area contributed by atoms with E-state index >= 15 is 0 Å². The fourth-order valence-corrected chi connectivity index (χ4v) is 3.84. The lowest BCUT2D eigenvalue weighted by Gasteiger charge is -2.20. The van der Waals surface area contributed by atoms with Gasteiger partial charge in [-0.2, -0.15) is 5.10 Å². The van der Waals surface area contributed by atoms with E-state index in [9.17, 15) is 9.59 Å². The second kappa shape index (κ2) is 6.96. The van der Waals surface area contributed by atoms with E-state index in [1.165, 1.54) is 11.3 Å². The van der Waals surface area contributed by atoms with Crippen LogP contribution >= 0.6 is 11.3 Å². The Morgan fingerprint density at radius 2 is 2.22 bits per heavy atom. The molecule has 2 amide bonds. The first-order valence-corrected chi connectivity index (χ1v) is 9.55. The quantitative estimate of drug-likeness (QED) is 0.727. The third-order valence-corrected chi connectivity index (χ3v) is 5.45. The minimum absolute atomic E-state index is 0.0459. The van der Waals surface area contributed by atoms with Crippen LogP contribution in [0.15, 0.2) is 36.0 Å². The average Bonchev–Trinajstić information content (AvgIpc) is 3.30. The van der Waals surface area contributed by atoms with E-state index in [0.29, 0.717) is 12.1 Å². The lowest BCUT2D eigenvalue weighted by atomic mass is 9.98. The molecule has 1 aliphatic heterocycles. The maximum Gasteiger partial charge on any atom is 0.271 e. The van der Waals surface area contributed by atoms with Gasteiger partial charge in [0.2, 0.25) is 5.91 Å². The molecule has 0 bridgehead atoms. The SMILES string of the molecule is C[C@@H](NC(=O)c1csc(-c2cnn(C)c2)n1)c1ccc2c(c1)CCC(=O)N2. The zero-order valence-electron chi connectivity index (χ0n) is 15.0. The van der Waals surface area contributed by atoms with E-state index in [-0.39, 0.29) is 17.9 Å². The zero-order valence-corrected chi connectivity index (χ0v) is 15.8. The number of carbonyl (C=O) groups is 2. The second-order valence-corrected chi connectivity index (χ2v) is 7.46. The van der Waals surface area contributed by atoms with Crippen LogP contribution in [0.5, 0.6) is 0 Å². The lowest BCUT2D eigenvalue weighted by molar-refractivity contribution is -0.116. The third-order valence-electron chi connectivity index (χ3n) is 4.56. The van der Waals surface area contributed by atoms with Crippen LogP contribution in [0.25, 0.3) is 10.6 Å². The Hall–Kier alpha value is -3.00. The summed E-state index contributed by atoms with van der Waals surface area (Å²) in [6.45, 7) is 1.94. The number of rotatable bonds is 4. The third kappa shape index (κ3) is 3.61. The molecule has 1 aliphatic rings. The highest BCUT2D eigenvalue weighted by molar-refractivity contribution is 7.13. The van der Waals surface area contributed by atoms with E-state index in [1.807, 2.05) is 38.4 Å². The summed E-state index contributed by atoms with van der Waals surface area (Å²) in [6, 6.07) is 5.71. The fourth-order valence-electron chi connectivity index (χ4n) is 3.07. The first-order chi connectivity index (χ1) is 13.0. The van der Waals surface area contributed by atoms with Crippen LogP contribution in [0.1, 0.15) is 41.0 Å². The van der Waals surface area contributed by atoms with Gasteiger partial charge in [0.05, 0.1) is 12.2 Å². The highest BCUT2D eigenvalue weighted by atomic mass is 32.1. The number of thiazole rings is 1. The predicted octanol–water partition coefficient (Wildman–Crippen LogP) is 2.92. The summed E-state index contributed by atoms with van der Waals surface area (Å²) >= 11 is 1.42. The molecule has 0 radical (unpaired) electrons. The van der Waals surface area contributed by atoms with Crippen molar-refractivity contribution in [3.63, 3.8) is 0 Å². The number of benzene rings is 1. The Morgan fingerprint density at radius 3 is 3.00 bits per heavy atom. The molecule has 0 aliphatic carbocycles. The van der Waals surface area contributed by atoms with Crippen LogP contribution < -0.4 is 10.6 Å². The molecular weight excluding hydrogens is 362 g/mol. The Balaban J connectivity index is 1.47. The monoisotopic (exact) mass is 381 g/mol. The Bertz CT molecular complexity index is 1020. The standard InChI is InChI=1S/C19H19N5O2S/c1-11(12-3-5-15-13(7-12)4-6-17(25)22-15)21-18(26)16-10-27-19(23-16)14-8-20-24(2)9-14/h3,5,7-11H,4,6H2,1-2H3,(H,21,26)(H,22,25)/t11-/m1/s1. The highest BCUT2D eigenvalue weighted by Crippen LogP contribution is 2.27. The summed E-state index contributed by atoms with van der Waals surface area (Å²) in [5.74, 6) is -0.163. The Labute approximate surface area is 160 Å². The number of anilines is 1. The number of hydrogen-bond acceptors (Lipinski definition) is 5. The molecule has 3 heterocycles. The van der Waals surface area contributed by atoms with Gasteiger partial charge >= 0.3 is 0 Å². The van der Waals surface area contributed by atoms with Crippen molar-refractivity contribution in [1.29, 1.82) is 0 Å². The summed E-state index contributed by atoms with van der Waals surface area (Å²) in [4.78, 5) is 28.5. The molecule has 0 saturated carbocycles. The maximum atomic E-state index is 12.6. The van der Waals surface area contributed by atoms with E-state index < -0.39 is 0 Å². The first kappa shape index (κ1) is 17.4. The Kier molecular flexibility index (Phi) is 4.49. The van der Waals surface area contributed by atoms with Crippen LogP contribution in [0, 0.1) is 0 Å². The maximum absolute atomic E-state index is 12.6. The molecule has 1 atom stereocenters. The number of aryl methyl sites for hydroxylation is 2. The number of amides is 2. The molecule has 4 rings (SSSR count). The topological polar surface area (TPSA) is 88.9 Å². The van der Waals surface area contributed by atoms with Crippen molar-refractivity contribution in [3.05, 3.63) is 52.8 Å². The average molecular weight is 381 g/mol. The van der Waals surface area contributed by atoms with Gasteiger partial charge in [-0.15, -0.1) is 11.3 Å². The molecule has 0 unspecified atom stereocenters. The van der Waals surface area contributed by atoms with Crippen molar-refractivity contribution in [1.82, 2.24) is 20.1 Å². The van der Waals surface area contributed by atoms with Crippen molar-refractivity contribution in [2.45, 2.75) is 25.8 Å². The smallest absolute Gasteiger partial charge is 0.271 e. The summed E-state index contributed by atoms with van der Waals surface area (Å²) in [5, 5.41) is 12.5. The number of hydrogen-bond donors (Lipinski definition) is 2. The Morgan fingerprint density at radius 1 is 1.37 bits per heavy atom. The van der Waals surface area contributed by atoms with Crippen LogP contribution in [0.4, 0.5) is 5.69 Å². The first-order valence-electron chi connectivity index (χ1n) is 8.67. The van der Waals surface area contributed by atoms with Crippen molar-refractivity contribution in [2.75, 3.05) is 5.32 Å². The molecule has 7 nitrogen and oxygen atoms in total. The zero-order chi connectivity index (χ0) is 19.0. The largest absolute Gasteiger partial charge is 0.344 e. The van der Waals surface area contributed by atoms with Gasteiger partial charge in [-0.05, 0) is 30.5 Å². The number of nitrogens with one attached hydrogen (secondary N) is 2. The molecule has 2 N–H and O–H groups in total. The molecule has 0 fully saturated rings. The van der Waals surface area contributed by atoms with Gasteiger partial charge in [0.15, 0.2) is 0 Å². The summed E-state index contributed by atoms with van der Waals surface area (Å²) < 4.78 is 1.71. The van der Waals surface area contributed by atoms with Crippen LogP contribution in [0.2, 0.25) is 0 Å².